The molecular formula is C12H16ClFO3S. The molecule has 102 valence electrons. The minimum atomic E-state index is -3.38. The van der Waals surface area contributed by atoms with E-state index < -0.39 is 9.05 Å². The second-order valence-corrected chi connectivity index (χ2v) is 6.84. The Hall–Kier alpha value is -0.650. The summed E-state index contributed by atoms with van der Waals surface area (Å²) in [5, 5.41) is 0. The van der Waals surface area contributed by atoms with Gasteiger partial charge in [-0.15, -0.1) is 0 Å². The Kier molecular flexibility index (Phi) is 6.60. The summed E-state index contributed by atoms with van der Waals surface area (Å²) in [6.07, 6.45) is 1.99. The van der Waals surface area contributed by atoms with Crippen LogP contribution in [0.3, 0.4) is 0 Å². The SMILES string of the molecule is O=S(=O)(Cl)CCCCCOCc1ccccc1F. The molecule has 0 atom stereocenters. The van der Waals surface area contributed by atoms with Crippen LogP contribution in [0.2, 0.25) is 0 Å². The van der Waals surface area contributed by atoms with Crippen LogP contribution in [0.15, 0.2) is 24.3 Å². The smallest absolute Gasteiger partial charge is 0.232 e. The molecular weight excluding hydrogens is 279 g/mol. The molecule has 0 spiro atoms. The monoisotopic (exact) mass is 294 g/mol. The second-order valence-electron chi connectivity index (χ2n) is 3.95. The highest BCUT2D eigenvalue weighted by Gasteiger charge is 2.04. The number of unbranched alkanes of at least 4 members (excludes halogenated alkanes) is 2. The van der Waals surface area contributed by atoms with Gasteiger partial charge < -0.3 is 4.74 Å². The van der Waals surface area contributed by atoms with E-state index in [1.807, 2.05) is 0 Å². The summed E-state index contributed by atoms with van der Waals surface area (Å²) >= 11 is 0. The molecule has 0 aliphatic heterocycles. The first-order valence-electron chi connectivity index (χ1n) is 5.72. The van der Waals surface area contributed by atoms with Crippen LogP contribution in [0.4, 0.5) is 4.39 Å². The third-order valence-corrected chi connectivity index (χ3v) is 3.63. The third-order valence-electron chi connectivity index (χ3n) is 2.39. The van der Waals surface area contributed by atoms with Gasteiger partial charge in [-0.2, -0.15) is 0 Å². The maximum atomic E-state index is 13.2. The fourth-order valence-corrected chi connectivity index (χ4v) is 2.33. The van der Waals surface area contributed by atoms with Gasteiger partial charge in [0.2, 0.25) is 9.05 Å². The summed E-state index contributed by atoms with van der Waals surface area (Å²) in [7, 11) is 1.69. The topological polar surface area (TPSA) is 43.4 Å². The molecule has 0 bridgehead atoms. The normalized spacial score (nSPS) is 11.7. The quantitative estimate of drug-likeness (QED) is 0.547. The van der Waals surface area contributed by atoms with Gasteiger partial charge in [0.05, 0.1) is 12.4 Å². The van der Waals surface area contributed by atoms with Crippen molar-refractivity contribution in [2.75, 3.05) is 12.4 Å². The Bertz CT molecular complexity index is 462. The number of hydrogen-bond donors (Lipinski definition) is 0. The Morgan fingerprint density at radius 2 is 1.89 bits per heavy atom. The molecule has 0 N–H and O–H groups in total. The lowest BCUT2D eigenvalue weighted by Crippen LogP contribution is -2.00. The first-order chi connectivity index (χ1) is 8.49. The van der Waals surface area contributed by atoms with Crippen LogP contribution in [-0.4, -0.2) is 20.8 Å². The Balaban J connectivity index is 2.08. The Labute approximate surface area is 111 Å². The summed E-state index contributed by atoms with van der Waals surface area (Å²) < 4.78 is 39.8. The highest BCUT2D eigenvalue weighted by molar-refractivity contribution is 8.13. The van der Waals surface area contributed by atoms with Gasteiger partial charge >= 0.3 is 0 Å². The standard InChI is InChI=1S/C12H16ClFO3S/c13-18(15,16)9-5-1-4-8-17-10-11-6-2-3-7-12(11)14/h2-3,6-7H,1,4-5,8-10H2. The lowest BCUT2D eigenvalue weighted by Gasteiger charge is -2.05. The Morgan fingerprint density at radius 1 is 1.17 bits per heavy atom. The van der Waals surface area contributed by atoms with E-state index in [0.29, 0.717) is 18.6 Å². The van der Waals surface area contributed by atoms with Crippen molar-refractivity contribution in [2.45, 2.75) is 25.9 Å². The fraction of sp³-hybridized carbons (Fsp3) is 0.500. The van der Waals surface area contributed by atoms with E-state index in [-0.39, 0.29) is 18.2 Å². The summed E-state index contributed by atoms with van der Waals surface area (Å²) in [5.41, 5.74) is 0.529. The average Bonchev–Trinajstić information content (AvgIpc) is 2.28. The second kappa shape index (κ2) is 7.71. The number of hydrogen-bond acceptors (Lipinski definition) is 3. The largest absolute Gasteiger partial charge is 0.377 e. The van der Waals surface area contributed by atoms with Crippen LogP contribution in [0.5, 0.6) is 0 Å². The van der Waals surface area contributed by atoms with Crippen LogP contribution in [0.1, 0.15) is 24.8 Å². The number of rotatable bonds is 8. The van der Waals surface area contributed by atoms with E-state index in [2.05, 4.69) is 0 Å². The van der Waals surface area contributed by atoms with E-state index in [1.165, 1.54) is 6.07 Å². The van der Waals surface area contributed by atoms with Crippen LogP contribution < -0.4 is 0 Å². The number of halogens is 2. The maximum absolute atomic E-state index is 13.2. The molecule has 0 fully saturated rings. The van der Waals surface area contributed by atoms with Gasteiger partial charge in [-0.1, -0.05) is 24.6 Å². The average molecular weight is 295 g/mol. The molecule has 0 unspecified atom stereocenters. The number of benzene rings is 1. The van der Waals surface area contributed by atoms with Crippen molar-refractivity contribution in [1.82, 2.24) is 0 Å². The van der Waals surface area contributed by atoms with E-state index in [9.17, 15) is 12.8 Å². The van der Waals surface area contributed by atoms with Crippen LogP contribution in [-0.2, 0) is 20.4 Å². The van der Waals surface area contributed by atoms with Gasteiger partial charge in [0.1, 0.15) is 5.82 Å². The molecule has 0 amide bonds. The molecule has 0 aliphatic carbocycles. The molecule has 1 aromatic rings. The predicted octanol–water partition coefficient (Wildman–Crippen LogP) is 3.08. The van der Waals surface area contributed by atoms with E-state index in [4.69, 9.17) is 15.4 Å². The number of ether oxygens (including phenoxy) is 1. The molecule has 0 saturated heterocycles. The summed E-state index contributed by atoms with van der Waals surface area (Å²) in [4.78, 5) is 0. The van der Waals surface area contributed by atoms with Gasteiger partial charge in [0, 0.05) is 22.9 Å². The lowest BCUT2D eigenvalue weighted by atomic mass is 10.2. The fourth-order valence-electron chi connectivity index (χ4n) is 1.45. The molecule has 6 heteroatoms. The zero-order valence-corrected chi connectivity index (χ0v) is 11.5. The zero-order chi connectivity index (χ0) is 13.4. The lowest BCUT2D eigenvalue weighted by molar-refractivity contribution is 0.115. The molecule has 18 heavy (non-hydrogen) atoms. The minimum absolute atomic E-state index is 0.0120. The van der Waals surface area contributed by atoms with Crippen molar-refractivity contribution in [3.05, 3.63) is 35.6 Å². The predicted molar refractivity (Wildman–Crippen MR) is 69.5 cm³/mol. The van der Waals surface area contributed by atoms with Crippen LogP contribution in [0, 0.1) is 5.82 Å². The molecule has 0 saturated carbocycles. The first-order valence-corrected chi connectivity index (χ1v) is 8.20. The zero-order valence-electron chi connectivity index (χ0n) is 9.94. The molecule has 1 rings (SSSR count). The van der Waals surface area contributed by atoms with Crippen molar-refractivity contribution in [3.8, 4) is 0 Å². The molecule has 1 aromatic carbocycles. The van der Waals surface area contributed by atoms with E-state index in [1.54, 1.807) is 18.2 Å². The van der Waals surface area contributed by atoms with Gasteiger partial charge in [0.25, 0.3) is 0 Å². The molecule has 0 aromatic heterocycles. The van der Waals surface area contributed by atoms with Gasteiger partial charge in [-0.3, -0.25) is 0 Å². The third kappa shape index (κ3) is 6.93. The first kappa shape index (κ1) is 15.4. The molecule has 0 heterocycles. The van der Waals surface area contributed by atoms with Crippen molar-refractivity contribution in [1.29, 1.82) is 0 Å². The minimum Gasteiger partial charge on any atom is -0.377 e. The van der Waals surface area contributed by atoms with Crippen LogP contribution in [0.25, 0.3) is 0 Å². The van der Waals surface area contributed by atoms with Crippen molar-refractivity contribution in [2.24, 2.45) is 0 Å². The summed E-state index contributed by atoms with van der Waals surface area (Å²) in [6, 6.07) is 6.46. The Morgan fingerprint density at radius 3 is 2.56 bits per heavy atom. The van der Waals surface area contributed by atoms with Crippen molar-refractivity contribution >= 4 is 19.7 Å². The van der Waals surface area contributed by atoms with E-state index in [0.717, 1.165) is 12.8 Å². The van der Waals surface area contributed by atoms with E-state index >= 15 is 0 Å². The van der Waals surface area contributed by atoms with Gasteiger partial charge in [-0.25, -0.2) is 12.8 Å². The molecule has 3 nitrogen and oxygen atoms in total. The molecule has 0 radical (unpaired) electrons. The summed E-state index contributed by atoms with van der Waals surface area (Å²) in [6.45, 7) is 0.719. The molecule has 0 aliphatic rings. The van der Waals surface area contributed by atoms with Gasteiger partial charge in [-0.05, 0) is 18.9 Å². The highest BCUT2D eigenvalue weighted by Crippen LogP contribution is 2.08. The van der Waals surface area contributed by atoms with Crippen LogP contribution >= 0.6 is 10.7 Å². The summed E-state index contributed by atoms with van der Waals surface area (Å²) in [5.74, 6) is -0.285. The van der Waals surface area contributed by atoms with Gasteiger partial charge in [0.15, 0.2) is 0 Å². The maximum Gasteiger partial charge on any atom is 0.232 e. The van der Waals surface area contributed by atoms with Crippen molar-refractivity contribution in [3.63, 3.8) is 0 Å². The highest BCUT2D eigenvalue weighted by atomic mass is 35.7. The van der Waals surface area contributed by atoms with Crippen molar-refractivity contribution < 1.29 is 17.5 Å².